The van der Waals surface area contributed by atoms with E-state index in [1.807, 2.05) is 0 Å². The molecule has 0 unspecified atom stereocenters. The zero-order valence-electron chi connectivity index (χ0n) is 7.55. The Balaban J connectivity index is 2.55. The lowest BCUT2D eigenvalue weighted by Crippen LogP contribution is -1.91. The first-order valence-corrected chi connectivity index (χ1v) is 4.24. The van der Waals surface area contributed by atoms with E-state index in [0.29, 0.717) is 0 Å². The minimum absolute atomic E-state index is 0.198. The molecule has 1 aromatic carbocycles. The Labute approximate surface area is 84.2 Å². The zero-order chi connectivity index (χ0) is 10.8. The SMILES string of the molecule is Fc1ccccc1-c1cnc(F)c(F)c1. The molecule has 0 aliphatic heterocycles. The second kappa shape index (κ2) is 3.73. The average molecular weight is 209 g/mol. The highest BCUT2D eigenvalue weighted by molar-refractivity contribution is 5.62. The molecule has 1 aromatic heterocycles. The molecule has 15 heavy (non-hydrogen) atoms. The fourth-order valence-electron chi connectivity index (χ4n) is 1.26. The van der Waals surface area contributed by atoms with Crippen LogP contribution in [0.2, 0.25) is 0 Å². The molecule has 2 rings (SSSR count). The monoisotopic (exact) mass is 209 g/mol. The molecule has 0 spiro atoms. The van der Waals surface area contributed by atoms with Crippen LogP contribution in [0.4, 0.5) is 13.2 Å². The molecule has 0 aliphatic carbocycles. The molecule has 1 nitrogen and oxygen atoms in total. The van der Waals surface area contributed by atoms with E-state index >= 15 is 0 Å². The first kappa shape index (κ1) is 9.71. The summed E-state index contributed by atoms with van der Waals surface area (Å²) in [4.78, 5) is 3.19. The molecule has 1 heterocycles. The van der Waals surface area contributed by atoms with Gasteiger partial charge in [-0.25, -0.2) is 13.8 Å². The molecule has 0 amide bonds. The number of rotatable bonds is 1. The molecule has 0 atom stereocenters. The maximum Gasteiger partial charge on any atom is 0.248 e. The third-order valence-electron chi connectivity index (χ3n) is 1.98. The normalized spacial score (nSPS) is 10.3. The Bertz CT molecular complexity index is 497. The number of hydrogen-bond donors (Lipinski definition) is 0. The average Bonchev–Trinajstić information content (AvgIpc) is 2.23. The summed E-state index contributed by atoms with van der Waals surface area (Å²) in [6.07, 6.45) is 1.09. The highest BCUT2D eigenvalue weighted by Gasteiger charge is 2.08. The number of halogens is 3. The van der Waals surface area contributed by atoms with Crippen molar-refractivity contribution in [2.45, 2.75) is 0 Å². The molecule has 0 bridgehead atoms. The molecule has 0 saturated heterocycles. The van der Waals surface area contributed by atoms with Crippen LogP contribution in [0.1, 0.15) is 0 Å². The Kier molecular flexibility index (Phi) is 2.41. The van der Waals surface area contributed by atoms with E-state index in [9.17, 15) is 13.2 Å². The van der Waals surface area contributed by atoms with Crippen molar-refractivity contribution in [3.63, 3.8) is 0 Å². The van der Waals surface area contributed by atoms with E-state index in [1.54, 1.807) is 6.07 Å². The number of pyridine rings is 1. The number of hydrogen-bond acceptors (Lipinski definition) is 1. The second-order valence-corrected chi connectivity index (χ2v) is 2.98. The zero-order valence-corrected chi connectivity index (χ0v) is 7.55. The molecule has 0 saturated carbocycles. The van der Waals surface area contributed by atoms with Crippen molar-refractivity contribution in [1.29, 1.82) is 0 Å². The summed E-state index contributed by atoms with van der Waals surface area (Å²) < 4.78 is 38.6. The van der Waals surface area contributed by atoms with Crippen molar-refractivity contribution in [2.75, 3.05) is 0 Å². The third kappa shape index (κ3) is 1.83. The first-order chi connectivity index (χ1) is 7.18. The Hall–Kier alpha value is -1.84. The van der Waals surface area contributed by atoms with Crippen LogP contribution >= 0.6 is 0 Å². The van der Waals surface area contributed by atoms with Gasteiger partial charge >= 0.3 is 0 Å². The van der Waals surface area contributed by atoms with Gasteiger partial charge in [0.05, 0.1) is 0 Å². The standard InChI is InChI=1S/C11H6F3N/c12-9-4-2-1-3-8(9)7-5-10(13)11(14)15-6-7/h1-6H. The predicted octanol–water partition coefficient (Wildman–Crippen LogP) is 3.17. The highest BCUT2D eigenvalue weighted by Crippen LogP contribution is 2.22. The highest BCUT2D eigenvalue weighted by atomic mass is 19.2. The topological polar surface area (TPSA) is 12.9 Å². The molecule has 4 heteroatoms. The smallest absolute Gasteiger partial charge is 0.225 e. The summed E-state index contributed by atoms with van der Waals surface area (Å²) in [5, 5.41) is 0. The van der Waals surface area contributed by atoms with Gasteiger partial charge in [0.15, 0.2) is 5.82 Å². The summed E-state index contributed by atoms with van der Waals surface area (Å²) in [5.41, 5.74) is 0.413. The number of aromatic nitrogens is 1. The molecular formula is C11H6F3N. The first-order valence-electron chi connectivity index (χ1n) is 4.24. The lowest BCUT2D eigenvalue weighted by Gasteiger charge is -2.02. The van der Waals surface area contributed by atoms with Gasteiger partial charge in [0, 0.05) is 17.3 Å². The Morgan fingerprint density at radius 3 is 2.33 bits per heavy atom. The Morgan fingerprint density at radius 2 is 1.67 bits per heavy atom. The Morgan fingerprint density at radius 1 is 0.933 bits per heavy atom. The van der Waals surface area contributed by atoms with Crippen LogP contribution in [-0.4, -0.2) is 4.98 Å². The summed E-state index contributed by atoms with van der Waals surface area (Å²) >= 11 is 0. The van der Waals surface area contributed by atoms with E-state index in [4.69, 9.17) is 0 Å². The van der Waals surface area contributed by atoms with E-state index in [2.05, 4.69) is 4.98 Å². The summed E-state index contributed by atoms with van der Waals surface area (Å²) in [6, 6.07) is 6.77. The van der Waals surface area contributed by atoms with Gasteiger partial charge < -0.3 is 0 Å². The van der Waals surface area contributed by atoms with Crippen LogP contribution in [0.25, 0.3) is 11.1 Å². The van der Waals surface area contributed by atoms with Crippen LogP contribution < -0.4 is 0 Å². The predicted molar refractivity (Wildman–Crippen MR) is 49.5 cm³/mol. The molecule has 2 aromatic rings. The maximum atomic E-state index is 13.3. The van der Waals surface area contributed by atoms with Gasteiger partial charge in [0.25, 0.3) is 0 Å². The number of nitrogens with zero attached hydrogens (tertiary/aromatic N) is 1. The molecular weight excluding hydrogens is 203 g/mol. The largest absolute Gasteiger partial charge is 0.248 e. The van der Waals surface area contributed by atoms with Gasteiger partial charge in [0.2, 0.25) is 5.95 Å². The lowest BCUT2D eigenvalue weighted by molar-refractivity contribution is 0.479. The van der Waals surface area contributed by atoms with Crippen molar-refractivity contribution >= 4 is 0 Å². The van der Waals surface area contributed by atoms with Gasteiger partial charge in [0.1, 0.15) is 5.82 Å². The third-order valence-corrected chi connectivity index (χ3v) is 1.98. The van der Waals surface area contributed by atoms with Crippen LogP contribution in [0.3, 0.4) is 0 Å². The van der Waals surface area contributed by atoms with Gasteiger partial charge in [-0.05, 0) is 12.1 Å². The minimum Gasteiger partial charge on any atom is -0.225 e. The van der Waals surface area contributed by atoms with Crippen molar-refractivity contribution in [1.82, 2.24) is 4.98 Å². The quantitative estimate of drug-likeness (QED) is 0.657. The van der Waals surface area contributed by atoms with Crippen LogP contribution in [0.15, 0.2) is 36.5 Å². The molecule has 76 valence electrons. The maximum absolute atomic E-state index is 13.3. The minimum atomic E-state index is -1.19. The summed E-state index contributed by atoms with van der Waals surface area (Å²) in [7, 11) is 0. The molecule has 0 N–H and O–H groups in total. The van der Waals surface area contributed by atoms with E-state index in [0.717, 1.165) is 12.3 Å². The molecule has 0 radical (unpaired) electrons. The van der Waals surface area contributed by atoms with Crippen molar-refractivity contribution in [3.8, 4) is 11.1 Å². The van der Waals surface area contributed by atoms with Crippen LogP contribution in [0, 0.1) is 17.6 Å². The van der Waals surface area contributed by atoms with E-state index < -0.39 is 17.6 Å². The fraction of sp³-hybridized carbons (Fsp3) is 0. The van der Waals surface area contributed by atoms with Gasteiger partial charge in [-0.3, -0.25) is 0 Å². The van der Waals surface area contributed by atoms with Crippen LogP contribution in [-0.2, 0) is 0 Å². The lowest BCUT2D eigenvalue weighted by atomic mass is 10.1. The van der Waals surface area contributed by atoms with Crippen molar-refractivity contribution < 1.29 is 13.2 Å². The van der Waals surface area contributed by atoms with Gasteiger partial charge in [-0.1, -0.05) is 18.2 Å². The van der Waals surface area contributed by atoms with E-state index in [-0.39, 0.29) is 11.1 Å². The number of benzene rings is 1. The van der Waals surface area contributed by atoms with Crippen LogP contribution in [0.5, 0.6) is 0 Å². The molecule has 0 fully saturated rings. The summed E-state index contributed by atoms with van der Waals surface area (Å²) in [6.45, 7) is 0. The summed E-state index contributed by atoms with van der Waals surface area (Å²) in [5.74, 6) is -2.77. The van der Waals surface area contributed by atoms with E-state index in [1.165, 1.54) is 18.2 Å². The van der Waals surface area contributed by atoms with Gasteiger partial charge in [-0.15, -0.1) is 0 Å². The second-order valence-electron chi connectivity index (χ2n) is 2.98. The molecule has 0 aliphatic rings. The van der Waals surface area contributed by atoms with Crippen molar-refractivity contribution in [2.24, 2.45) is 0 Å². The van der Waals surface area contributed by atoms with Crippen molar-refractivity contribution in [3.05, 3.63) is 54.1 Å². The van der Waals surface area contributed by atoms with Gasteiger partial charge in [-0.2, -0.15) is 4.39 Å². The fourth-order valence-corrected chi connectivity index (χ4v) is 1.26.